The number of aryl methyl sites for hydroxylation is 1. The molecule has 0 radical (unpaired) electrons. The molecule has 0 saturated carbocycles. The van der Waals surface area contributed by atoms with E-state index in [1.54, 1.807) is 11.1 Å². The van der Waals surface area contributed by atoms with Gasteiger partial charge in [0, 0.05) is 51.7 Å². The van der Waals surface area contributed by atoms with Crippen LogP contribution in [0, 0.1) is 13.8 Å². The Morgan fingerprint density at radius 2 is 1.82 bits per heavy atom. The highest BCUT2D eigenvalue weighted by molar-refractivity contribution is 5.94. The lowest BCUT2D eigenvalue weighted by Gasteiger charge is -2.38. The van der Waals surface area contributed by atoms with Gasteiger partial charge in [0.05, 0.1) is 17.4 Å². The van der Waals surface area contributed by atoms with Gasteiger partial charge in [-0.05, 0) is 43.5 Å². The molecule has 2 aromatic rings. The predicted molar refractivity (Wildman–Crippen MR) is 116 cm³/mol. The molecule has 0 N–H and O–H groups in total. The van der Waals surface area contributed by atoms with Crippen molar-refractivity contribution in [3.05, 3.63) is 53.3 Å². The second-order valence-corrected chi connectivity index (χ2v) is 7.71. The van der Waals surface area contributed by atoms with Gasteiger partial charge in [0.2, 0.25) is 0 Å². The summed E-state index contributed by atoms with van der Waals surface area (Å²) in [5.74, 6) is 0.0526. The van der Waals surface area contributed by atoms with E-state index in [4.69, 9.17) is 0 Å². The van der Waals surface area contributed by atoms with E-state index in [0.717, 1.165) is 51.3 Å². The van der Waals surface area contributed by atoms with Gasteiger partial charge in [-0.15, -0.1) is 0 Å². The molecule has 5 heteroatoms. The first-order valence-corrected chi connectivity index (χ1v) is 10.3. The summed E-state index contributed by atoms with van der Waals surface area (Å²) >= 11 is 0. The minimum Gasteiger partial charge on any atom is -0.368 e. The van der Waals surface area contributed by atoms with E-state index in [9.17, 15) is 4.79 Å². The highest BCUT2D eigenvalue weighted by atomic mass is 16.2. The number of hydrogen-bond donors (Lipinski definition) is 0. The van der Waals surface area contributed by atoms with Crippen LogP contribution in [0.1, 0.15) is 41.3 Å². The number of anilines is 2. The number of nitrogens with zero attached hydrogens (tertiary/aromatic N) is 4. The van der Waals surface area contributed by atoms with E-state index in [1.807, 2.05) is 19.3 Å². The summed E-state index contributed by atoms with van der Waals surface area (Å²) in [6.45, 7) is 11.1. The van der Waals surface area contributed by atoms with Gasteiger partial charge < -0.3 is 14.7 Å². The highest BCUT2D eigenvalue weighted by Crippen LogP contribution is 2.25. The van der Waals surface area contributed by atoms with Crippen molar-refractivity contribution in [2.24, 2.45) is 0 Å². The smallest absolute Gasteiger partial charge is 0.255 e. The molecule has 1 amide bonds. The molecule has 5 nitrogen and oxygen atoms in total. The van der Waals surface area contributed by atoms with Gasteiger partial charge >= 0.3 is 0 Å². The van der Waals surface area contributed by atoms with E-state index in [1.165, 1.54) is 16.8 Å². The van der Waals surface area contributed by atoms with E-state index in [0.29, 0.717) is 5.56 Å². The summed E-state index contributed by atoms with van der Waals surface area (Å²) in [6.07, 6.45) is 5.66. The molecule has 0 spiro atoms. The second kappa shape index (κ2) is 9.09. The molecule has 1 aromatic carbocycles. The molecular formula is C23H32N4O. The minimum atomic E-state index is 0.0526. The van der Waals surface area contributed by atoms with E-state index in [-0.39, 0.29) is 5.91 Å². The molecule has 0 bridgehead atoms. The van der Waals surface area contributed by atoms with Crippen LogP contribution >= 0.6 is 0 Å². The van der Waals surface area contributed by atoms with Crippen LogP contribution < -0.4 is 9.80 Å². The fourth-order valence-electron chi connectivity index (χ4n) is 3.72. The lowest BCUT2D eigenvalue weighted by Crippen LogP contribution is -2.47. The minimum absolute atomic E-state index is 0.0526. The summed E-state index contributed by atoms with van der Waals surface area (Å²) in [4.78, 5) is 23.6. The van der Waals surface area contributed by atoms with Crippen molar-refractivity contribution in [2.45, 2.75) is 33.6 Å². The summed E-state index contributed by atoms with van der Waals surface area (Å²) in [5, 5.41) is 0. The molecule has 1 aromatic heterocycles. The zero-order valence-corrected chi connectivity index (χ0v) is 17.6. The van der Waals surface area contributed by atoms with E-state index >= 15 is 0 Å². The summed E-state index contributed by atoms with van der Waals surface area (Å²) in [6, 6.07) is 8.51. The maximum absolute atomic E-state index is 12.7. The Balaban J connectivity index is 1.66. The van der Waals surface area contributed by atoms with Crippen molar-refractivity contribution in [2.75, 3.05) is 49.6 Å². The number of hydrogen-bond acceptors (Lipinski definition) is 4. The molecular weight excluding hydrogens is 348 g/mol. The Hall–Kier alpha value is -2.56. The van der Waals surface area contributed by atoms with Crippen LogP contribution in [0.5, 0.6) is 0 Å². The van der Waals surface area contributed by atoms with Crippen LogP contribution in [-0.2, 0) is 0 Å². The monoisotopic (exact) mass is 380 g/mol. The summed E-state index contributed by atoms with van der Waals surface area (Å²) in [7, 11) is 1.87. The molecule has 1 aliphatic heterocycles. The molecule has 1 aliphatic rings. The number of amides is 1. The van der Waals surface area contributed by atoms with Gasteiger partial charge in [-0.2, -0.15) is 0 Å². The largest absolute Gasteiger partial charge is 0.368 e. The van der Waals surface area contributed by atoms with Crippen molar-refractivity contribution in [3.63, 3.8) is 0 Å². The topological polar surface area (TPSA) is 39.7 Å². The summed E-state index contributed by atoms with van der Waals surface area (Å²) < 4.78 is 0. The number of benzene rings is 1. The Bertz CT molecular complexity index is 812. The first-order chi connectivity index (χ1) is 13.5. The predicted octanol–water partition coefficient (Wildman–Crippen LogP) is 3.90. The zero-order valence-electron chi connectivity index (χ0n) is 17.6. The number of carbonyl (C=O) groups excluding carboxylic acids is 1. The normalized spacial score (nSPS) is 14.3. The maximum Gasteiger partial charge on any atom is 0.255 e. The third-order valence-electron chi connectivity index (χ3n) is 5.73. The molecule has 28 heavy (non-hydrogen) atoms. The molecule has 1 saturated heterocycles. The lowest BCUT2D eigenvalue weighted by atomic mass is 10.1. The first kappa shape index (κ1) is 20.2. The van der Waals surface area contributed by atoms with Crippen molar-refractivity contribution in [1.82, 2.24) is 9.88 Å². The van der Waals surface area contributed by atoms with Gasteiger partial charge in [0.1, 0.15) is 0 Å². The SMILES string of the molecule is CCCCN(C)C(=O)c1cncc(N2CCN(c3cccc(C)c3C)CC2)c1. The number of aromatic nitrogens is 1. The number of rotatable bonds is 6. The van der Waals surface area contributed by atoms with E-state index < -0.39 is 0 Å². The van der Waals surface area contributed by atoms with Crippen LogP contribution in [0.4, 0.5) is 11.4 Å². The third-order valence-corrected chi connectivity index (χ3v) is 5.73. The van der Waals surface area contributed by atoms with Gasteiger partial charge in [0.15, 0.2) is 0 Å². The van der Waals surface area contributed by atoms with Crippen molar-refractivity contribution in [3.8, 4) is 0 Å². The number of piperazine rings is 1. The lowest BCUT2D eigenvalue weighted by molar-refractivity contribution is 0.0793. The summed E-state index contributed by atoms with van der Waals surface area (Å²) in [5.41, 5.74) is 5.74. The Morgan fingerprint density at radius 1 is 1.11 bits per heavy atom. The maximum atomic E-state index is 12.7. The fraction of sp³-hybridized carbons (Fsp3) is 0.478. The van der Waals surface area contributed by atoms with Crippen LogP contribution in [0.15, 0.2) is 36.7 Å². The molecule has 3 rings (SSSR count). The number of unbranched alkanes of at least 4 members (excludes halogenated alkanes) is 1. The molecule has 1 fully saturated rings. The van der Waals surface area contributed by atoms with Crippen molar-refractivity contribution >= 4 is 17.3 Å². The standard InChI is InChI=1S/C23H32N4O/c1-5-6-10-25(4)23(28)20-15-21(17-24-16-20)26-11-13-27(14-12-26)22-9-7-8-18(2)19(22)3/h7-9,15-17H,5-6,10-14H2,1-4H3. The molecule has 150 valence electrons. The molecule has 2 heterocycles. The third kappa shape index (κ3) is 4.46. The van der Waals surface area contributed by atoms with Gasteiger partial charge in [-0.3, -0.25) is 9.78 Å². The fourth-order valence-corrected chi connectivity index (χ4v) is 3.72. The van der Waals surface area contributed by atoms with Crippen molar-refractivity contribution in [1.29, 1.82) is 0 Å². The van der Waals surface area contributed by atoms with Crippen LogP contribution in [0.25, 0.3) is 0 Å². The average Bonchev–Trinajstić information content (AvgIpc) is 2.73. The van der Waals surface area contributed by atoms with Crippen LogP contribution in [0.2, 0.25) is 0 Å². The van der Waals surface area contributed by atoms with Crippen molar-refractivity contribution < 1.29 is 4.79 Å². The molecule has 0 unspecified atom stereocenters. The average molecular weight is 381 g/mol. The Morgan fingerprint density at radius 3 is 2.54 bits per heavy atom. The molecule has 0 aliphatic carbocycles. The zero-order chi connectivity index (χ0) is 20.1. The Kier molecular flexibility index (Phi) is 6.55. The van der Waals surface area contributed by atoms with Crippen LogP contribution in [0.3, 0.4) is 0 Å². The second-order valence-electron chi connectivity index (χ2n) is 7.71. The quantitative estimate of drug-likeness (QED) is 0.762. The van der Waals surface area contributed by atoms with Gasteiger partial charge in [-0.25, -0.2) is 0 Å². The number of pyridine rings is 1. The Labute approximate surface area is 169 Å². The molecule has 0 atom stereocenters. The first-order valence-electron chi connectivity index (χ1n) is 10.3. The van der Waals surface area contributed by atoms with Gasteiger partial charge in [-0.1, -0.05) is 25.5 Å². The highest BCUT2D eigenvalue weighted by Gasteiger charge is 2.20. The van der Waals surface area contributed by atoms with E-state index in [2.05, 4.69) is 53.8 Å². The van der Waals surface area contributed by atoms with Gasteiger partial charge in [0.25, 0.3) is 5.91 Å². The van der Waals surface area contributed by atoms with Crippen LogP contribution in [-0.4, -0.2) is 55.6 Å². The number of carbonyl (C=O) groups is 1.